The lowest BCUT2D eigenvalue weighted by atomic mass is 9.76. The van der Waals surface area contributed by atoms with Crippen molar-refractivity contribution in [2.45, 2.75) is 80.9 Å². The van der Waals surface area contributed by atoms with Crippen LogP contribution in [0.1, 0.15) is 94.5 Å². The van der Waals surface area contributed by atoms with Crippen LogP contribution in [0.4, 0.5) is 0 Å². The number of carbonyl (C=O) groups is 2. The van der Waals surface area contributed by atoms with Crippen LogP contribution in [0.25, 0.3) is 0 Å². The van der Waals surface area contributed by atoms with Gasteiger partial charge in [0, 0.05) is 5.56 Å². The van der Waals surface area contributed by atoms with Crippen molar-refractivity contribution in [1.82, 2.24) is 0 Å². The molecular weight excluding hydrogens is 543 g/mol. The first kappa shape index (κ1) is 31.1. The summed E-state index contributed by atoms with van der Waals surface area (Å²) in [5, 5.41) is 11.2. The lowest BCUT2D eigenvalue weighted by molar-refractivity contribution is -0.145. The van der Waals surface area contributed by atoms with Crippen LogP contribution in [0.3, 0.4) is 0 Å². The highest BCUT2D eigenvalue weighted by atomic mass is 35.5. The van der Waals surface area contributed by atoms with Crippen LogP contribution in [-0.4, -0.2) is 24.2 Å². The van der Waals surface area contributed by atoms with Gasteiger partial charge in [0.05, 0.1) is 34.2 Å². The maximum atomic E-state index is 13.4. The van der Waals surface area contributed by atoms with Crippen molar-refractivity contribution in [3.05, 3.63) is 44.4 Å². The lowest BCUT2D eigenvalue weighted by Gasteiger charge is -2.31. The molecule has 0 aliphatic carbocycles. The molecule has 39 heavy (non-hydrogen) atoms. The molecule has 1 aliphatic heterocycles. The van der Waals surface area contributed by atoms with Gasteiger partial charge in [-0.15, -0.1) is 0 Å². The fourth-order valence-electron chi connectivity index (χ4n) is 5.02. The van der Waals surface area contributed by atoms with Crippen molar-refractivity contribution >= 4 is 35.1 Å². The van der Waals surface area contributed by atoms with E-state index in [-0.39, 0.29) is 56.5 Å². The van der Waals surface area contributed by atoms with Gasteiger partial charge in [0.1, 0.15) is 23.7 Å². The quantitative estimate of drug-likeness (QED) is 0.260. The first-order valence-corrected chi connectivity index (χ1v) is 13.7. The SMILES string of the molecule is COc1c([C@@H](O)CC(C)C)ccc2c1C(=O)OCc1c(Cl)c(C)c(Cl)c(OC(=O)C(C)(C)CC(C)(C)C)c1O2. The summed E-state index contributed by atoms with van der Waals surface area (Å²) in [6, 6.07) is 3.18. The number of esters is 2. The van der Waals surface area contributed by atoms with Gasteiger partial charge in [0.15, 0.2) is 11.5 Å². The van der Waals surface area contributed by atoms with Crippen LogP contribution in [0.15, 0.2) is 12.1 Å². The second-order valence-corrected chi connectivity index (χ2v) is 13.0. The summed E-state index contributed by atoms with van der Waals surface area (Å²) in [5.74, 6) is -0.706. The maximum absolute atomic E-state index is 13.4. The Kier molecular flexibility index (Phi) is 9.20. The molecule has 2 aromatic carbocycles. The Balaban J connectivity index is 2.18. The first-order chi connectivity index (χ1) is 18.0. The van der Waals surface area contributed by atoms with Crippen molar-refractivity contribution in [2.24, 2.45) is 16.7 Å². The Hall–Kier alpha value is -2.48. The Labute approximate surface area is 240 Å². The molecule has 0 spiro atoms. The average molecular weight is 582 g/mol. The van der Waals surface area contributed by atoms with Crippen molar-refractivity contribution in [1.29, 1.82) is 0 Å². The summed E-state index contributed by atoms with van der Waals surface area (Å²) < 4.78 is 23.4. The summed E-state index contributed by atoms with van der Waals surface area (Å²) in [4.78, 5) is 26.6. The molecule has 1 heterocycles. The molecule has 1 aliphatic rings. The molecule has 1 atom stereocenters. The van der Waals surface area contributed by atoms with E-state index in [1.54, 1.807) is 19.1 Å². The highest BCUT2D eigenvalue weighted by molar-refractivity contribution is 6.38. The van der Waals surface area contributed by atoms with Crippen molar-refractivity contribution < 1.29 is 33.6 Å². The average Bonchev–Trinajstić information content (AvgIpc) is 2.81. The van der Waals surface area contributed by atoms with Gasteiger partial charge in [0.2, 0.25) is 0 Å². The highest BCUT2D eigenvalue weighted by Gasteiger charge is 2.38. The number of carbonyl (C=O) groups excluding carboxylic acids is 2. The van der Waals surface area contributed by atoms with Gasteiger partial charge in [0.25, 0.3) is 0 Å². The van der Waals surface area contributed by atoms with Gasteiger partial charge in [-0.25, -0.2) is 4.79 Å². The molecule has 0 radical (unpaired) electrons. The Morgan fingerprint density at radius 1 is 1.10 bits per heavy atom. The number of aliphatic hydroxyl groups excluding tert-OH is 1. The number of methoxy groups -OCH3 is 1. The molecule has 0 bridgehead atoms. The summed E-state index contributed by atoms with van der Waals surface area (Å²) in [5.41, 5.74) is 0.243. The van der Waals surface area contributed by atoms with E-state index in [0.717, 1.165) is 0 Å². The third kappa shape index (κ3) is 6.64. The zero-order chi connectivity index (χ0) is 29.4. The predicted octanol–water partition coefficient (Wildman–Crippen LogP) is 8.22. The van der Waals surface area contributed by atoms with Crippen molar-refractivity contribution in [3.63, 3.8) is 0 Å². The van der Waals surface area contributed by atoms with Crippen LogP contribution in [-0.2, 0) is 16.1 Å². The number of halogens is 2. The normalized spacial score (nSPS) is 14.4. The third-order valence-electron chi connectivity index (χ3n) is 6.49. The smallest absolute Gasteiger partial charge is 0.346 e. The summed E-state index contributed by atoms with van der Waals surface area (Å²) in [7, 11) is 1.41. The molecule has 0 unspecified atom stereocenters. The van der Waals surface area contributed by atoms with Crippen LogP contribution in [0.2, 0.25) is 10.0 Å². The van der Waals surface area contributed by atoms with Crippen molar-refractivity contribution in [2.75, 3.05) is 7.11 Å². The number of aliphatic hydroxyl groups is 1. The molecule has 1 N–H and O–H groups in total. The van der Waals surface area contributed by atoms with E-state index in [9.17, 15) is 14.7 Å². The molecule has 2 aromatic rings. The fraction of sp³-hybridized carbons (Fsp3) is 0.533. The van der Waals surface area contributed by atoms with Gasteiger partial charge < -0.3 is 24.1 Å². The number of rotatable bonds is 7. The summed E-state index contributed by atoms with van der Waals surface area (Å²) in [6.45, 7) is 15.2. The lowest BCUT2D eigenvalue weighted by Crippen LogP contribution is -2.33. The van der Waals surface area contributed by atoms with E-state index in [1.807, 2.05) is 48.5 Å². The molecule has 0 amide bonds. The van der Waals surface area contributed by atoms with E-state index < -0.39 is 23.5 Å². The molecule has 0 saturated heterocycles. The molecule has 214 valence electrons. The summed E-state index contributed by atoms with van der Waals surface area (Å²) >= 11 is 13.3. The number of ether oxygens (including phenoxy) is 4. The van der Waals surface area contributed by atoms with Gasteiger partial charge >= 0.3 is 11.9 Å². The number of fused-ring (bicyclic) bond motifs is 2. The minimum absolute atomic E-state index is 0.00150. The third-order valence-corrected chi connectivity index (χ3v) is 7.46. The molecule has 9 heteroatoms. The minimum atomic E-state index is -0.871. The topological polar surface area (TPSA) is 91.3 Å². The van der Waals surface area contributed by atoms with E-state index in [4.69, 9.17) is 42.1 Å². The Morgan fingerprint density at radius 2 is 1.74 bits per heavy atom. The number of hydrogen-bond donors (Lipinski definition) is 1. The largest absolute Gasteiger partial charge is 0.495 e. The number of hydrogen-bond acceptors (Lipinski definition) is 7. The zero-order valence-corrected chi connectivity index (χ0v) is 25.6. The summed E-state index contributed by atoms with van der Waals surface area (Å²) in [6.07, 6.45) is 0.150. The standard InChI is InChI=1S/C30H38Cl2O7/c1-15(2)12-19(33)17-10-11-20-21(24(17)36-9)27(34)37-13-18-22(31)16(3)23(32)26(25(18)38-20)39-28(35)30(7,8)14-29(4,5)6/h10-11,15,19,33H,12-14H2,1-9H3/t19-/m0/s1. The van der Waals surface area contributed by atoms with Crippen LogP contribution in [0, 0.1) is 23.7 Å². The van der Waals surface area contributed by atoms with E-state index in [1.165, 1.54) is 7.11 Å². The number of cyclic esters (lactones) is 1. The molecule has 0 aromatic heterocycles. The van der Waals surface area contributed by atoms with E-state index in [0.29, 0.717) is 29.5 Å². The number of benzene rings is 2. The second kappa shape index (κ2) is 11.6. The van der Waals surface area contributed by atoms with Gasteiger partial charge in [-0.3, -0.25) is 4.79 Å². The van der Waals surface area contributed by atoms with Crippen molar-refractivity contribution in [3.8, 4) is 23.0 Å². The monoisotopic (exact) mass is 580 g/mol. The molecular formula is C30H38Cl2O7. The Morgan fingerprint density at radius 3 is 2.31 bits per heavy atom. The molecule has 0 fully saturated rings. The maximum Gasteiger partial charge on any atom is 0.346 e. The van der Waals surface area contributed by atoms with Gasteiger partial charge in [-0.05, 0) is 62.6 Å². The van der Waals surface area contributed by atoms with Gasteiger partial charge in [-0.2, -0.15) is 0 Å². The zero-order valence-electron chi connectivity index (χ0n) is 24.1. The molecule has 3 rings (SSSR count). The minimum Gasteiger partial charge on any atom is -0.495 e. The van der Waals surface area contributed by atoms with E-state index in [2.05, 4.69) is 0 Å². The van der Waals surface area contributed by atoms with E-state index >= 15 is 0 Å². The first-order valence-electron chi connectivity index (χ1n) is 12.9. The molecule has 7 nitrogen and oxygen atoms in total. The highest BCUT2D eigenvalue weighted by Crippen LogP contribution is 2.51. The van der Waals surface area contributed by atoms with Gasteiger partial charge in [-0.1, -0.05) is 57.8 Å². The fourth-order valence-corrected chi connectivity index (χ4v) is 5.52. The van der Waals surface area contributed by atoms with Crippen LogP contribution < -0.4 is 14.2 Å². The van der Waals surface area contributed by atoms with Crippen LogP contribution >= 0.6 is 23.2 Å². The van der Waals surface area contributed by atoms with Crippen LogP contribution in [0.5, 0.6) is 23.0 Å². The Bertz CT molecular complexity index is 1280. The molecule has 0 saturated carbocycles. The second-order valence-electron chi connectivity index (χ2n) is 12.3. The predicted molar refractivity (Wildman–Crippen MR) is 151 cm³/mol.